The normalized spacial score (nSPS) is 11.7. The minimum absolute atomic E-state index is 0.0293. The third kappa shape index (κ3) is 3.43. The number of alkyl halides is 3. The molecule has 0 N–H and O–H groups in total. The van der Waals surface area contributed by atoms with Crippen LogP contribution in [0.5, 0.6) is 11.5 Å². The van der Waals surface area contributed by atoms with E-state index in [1.807, 2.05) is 0 Å². The van der Waals surface area contributed by atoms with Gasteiger partial charge in [-0.15, -0.1) is 0 Å². The summed E-state index contributed by atoms with van der Waals surface area (Å²) in [6, 6.07) is 10.6. The van der Waals surface area contributed by atoms with Crippen molar-refractivity contribution >= 4 is 38.4 Å². The Hall–Kier alpha value is -1.79. The first-order chi connectivity index (χ1) is 10.8. The highest BCUT2D eigenvalue weighted by molar-refractivity contribution is 9.10. The average molecular weight is 403 g/mol. The van der Waals surface area contributed by atoms with E-state index in [9.17, 15) is 13.2 Å². The zero-order chi connectivity index (χ0) is 16.6. The van der Waals surface area contributed by atoms with Crippen molar-refractivity contribution in [3.05, 3.63) is 63.7 Å². The Morgan fingerprint density at radius 1 is 1.04 bits per heavy atom. The second kappa shape index (κ2) is 6.02. The number of benzene rings is 2. The van der Waals surface area contributed by atoms with Gasteiger partial charge in [0, 0.05) is 14.9 Å². The molecule has 0 spiro atoms. The Balaban J connectivity index is 2.17. The maximum absolute atomic E-state index is 13.5. The Labute approximate surface area is 143 Å². The van der Waals surface area contributed by atoms with Crippen LogP contribution < -0.4 is 4.74 Å². The van der Waals surface area contributed by atoms with Crippen LogP contribution in [0.1, 0.15) is 5.56 Å². The fourth-order valence-electron chi connectivity index (χ4n) is 2.15. The van der Waals surface area contributed by atoms with Crippen molar-refractivity contribution in [2.24, 2.45) is 0 Å². The van der Waals surface area contributed by atoms with Crippen LogP contribution in [0, 0.1) is 0 Å². The predicted octanol–water partition coefficient (Wildman–Crippen LogP) is 6.46. The quantitative estimate of drug-likeness (QED) is 0.490. The summed E-state index contributed by atoms with van der Waals surface area (Å²) in [5.41, 5.74) is -0.622. The van der Waals surface area contributed by atoms with Crippen LogP contribution >= 0.6 is 27.5 Å². The summed E-state index contributed by atoms with van der Waals surface area (Å²) in [5.74, 6) is -0.110. The van der Waals surface area contributed by atoms with E-state index < -0.39 is 11.7 Å². The topological polar surface area (TPSA) is 22.1 Å². The molecule has 7 heteroatoms. The number of hydrogen-bond acceptors (Lipinski definition) is 2. The van der Waals surface area contributed by atoms with Gasteiger partial charge in [0.1, 0.15) is 11.3 Å². The highest BCUT2D eigenvalue weighted by atomic mass is 79.9. The largest absolute Gasteiger partial charge is 0.455 e. The molecule has 23 heavy (non-hydrogen) atoms. The number of aromatic nitrogens is 1. The fraction of sp³-hybridized carbons (Fsp3) is 0.0625. The van der Waals surface area contributed by atoms with Crippen molar-refractivity contribution < 1.29 is 17.9 Å². The van der Waals surface area contributed by atoms with Gasteiger partial charge in [-0.3, -0.25) is 4.98 Å². The Morgan fingerprint density at radius 2 is 1.74 bits per heavy atom. The molecule has 0 amide bonds. The summed E-state index contributed by atoms with van der Waals surface area (Å²) < 4.78 is 46.5. The molecule has 1 aromatic heterocycles. The van der Waals surface area contributed by atoms with Crippen LogP contribution in [0.25, 0.3) is 10.9 Å². The van der Waals surface area contributed by atoms with Gasteiger partial charge in [-0.05, 0) is 42.5 Å². The van der Waals surface area contributed by atoms with E-state index >= 15 is 0 Å². The smallest absolute Gasteiger partial charge is 0.420 e. The van der Waals surface area contributed by atoms with Crippen LogP contribution in [0.3, 0.4) is 0 Å². The standard InChI is InChI=1S/C16H8BrClF3NO/c17-9-1-6-13-12(7-9)15(16(19,20)21)14(8-22-13)23-11-4-2-10(18)3-5-11/h1-8H. The van der Waals surface area contributed by atoms with Gasteiger partial charge in [-0.1, -0.05) is 27.5 Å². The molecule has 0 aliphatic carbocycles. The number of hydrogen-bond donors (Lipinski definition) is 0. The van der Waals surface area contributed by atoms with Gasteiger partial charge in [-0.2, -0.15) is 13.2 Å². The first kappa shape index (κ1) is 16.1. The van der Waals surface area contributed by atoms with Gasteiger partial charge >= 0.3 is 6.18 Å². The average Bonchev–Trinajstić information content (AvgIpc) is 2.48. The molecule has 0 atom stereocenters. The van der Waals surface area contributed by atoms with Gasteiger partial charge in [0.05, 0.1) is 11.7 Å². The van der Waals surface area contributed by atoms with Gasteiger partial charge < -0.3 is 4.74 Å². The van der Waals surface area contributed by atoms with E-state index in [0.29, 0.717) is 9.50 Å². The lowest BCUT2D eigenvalue weighted by Crippen LogP contribution is -2.09. The van der Waals surface area contributed by atoms with Crippen molar-refractivity contribution in [3.8, 4) is 11.5 Å². The van der Waals surface area contributed by atoms with E-state index in [-0.39, 0.29) is 22.4 Å². The maximum atomic E-state index is 13.5. The second-order valence-electron chi connectivity index (χ2n) is 4.71. The lowest BCUT2D eigenvalue weighted by molar-refractivity contribution is -0.137. The lowest BCUT2D eigenvalue weighted by Gasteiger charge is -2.16. The van der Waals surface area contributed by atoms with E-state index in [1.165, 1.54) is 36.4 Å². The number of fused-ring (bicyclic) bond motifs is 1. The molecule has 0 radical (unpaired) electrons. The Morgan fingerprint density at radius 3 is 2.39 bits per heavy atom. The molecular weight excluding hydrogens is 395 g/mol. The fourth-order valence-corrected chi connectivity index (χ4v) is 2.63. The van der Waals surface area contributed by atoms with Crippen molar-refractivity contribution in [1.82, 2.24) is 4.98 Å². The zero-order valence-electron chi connectivity index (χ0n) is 11.4. The number of nitrogens with zero attached hydrogens (tertiary/aromatic N) is 1. The molecular formula is C16H8BrClF3NO. The lowest BCUT2D eigenvalue weighted by atomic mass is 10.1. The van der Waals surface area contributed by atoms with Crippen molar-refractivity contribution in [2.45, 2.75) is 6.18 Å². The van der Waals surface area contributed by atoms with Gasteiger partial charge in [0.15, 0.2) is 5.75 Å². The van der Waals surface area contributed by atoms with Crippen LogP contribution in [-0.2, 0) is 6.18 Å². The summed E-state index contributed by atoms with van der Waals surface area (Å²) in [4.78, 5) is 4.04. The number of rotatable bonds is 2. The van der Waals surface area contributed by atoms with Crippen LogP contribution in [0.4, 0.5) is 13.2 Å². The first-order valence-electron chi connectivity index (χ1n) is 6.43. The van der Waals surface area contributed by atoms with E-state index in [1.54, 1.807) is 6.07 Å². The summed E-state index contributed by atoms with van der Waals surface area (Å²) in [5, 5.41) is 0.437. The minimum Gasteiger partial charge on any atom is -0.455 e. The van der Waals surface area contributed by atoms with Gasteiger partial charge in [0.25, 0.3) is 0 Å². The molecule has 0 bridgehead atoms. The van der Waals surface area contributed by atoms with Crippen LogP contribution in [0.15, 0.2) is 53.1 Å². The molecule has 1 heterocycles. The monoisotopic (exact) mass is 401 g/mol. The van der Waals surface area contributed by atoms with E-state index in [0.717, 1.165) is 6.20 Å². The molecule has 0 aliphatic heterocycles. The second-order valence-corrected chi connectivity index (χ2v) is 6.06. The third-order valence-electron chi connectivity index (χ3n) is 3.12. The zero-order valence-corrected chi connectivity index (χ0v) is 13.7. The summed E-state index contributed by atoms with van der Waals surface area (Å²) in [7, 11) is 0. The molecule has 2 nitrogen and oxygen atoms in total. The summed E-state index contributed by atoms with van der Waals surface area (Å²) in [6.45, 7) is 0. The minimum atomic E-state index is -4.58. The first-order valence-corrected chi connectivity index (χ1v) is 7.60. The predicted molar refractivity (Wildman–Crippen MR) is 86.0 cm³/mol. The number of halogens is 5. The molecule has 0 saturated carbocycles. The molecule has 3 aromatic rings. The molecule has 3 rings (SSSR count). The Kier molecular flexibility index (Phi) is 4.21. The molecule has 0 aliphatic rings. The maximum Gasteiger partial charge on any atom is 0.420 e. The Bertz CT molecular complexity index is 866. The highest BCUT2D eigenvalue weighted by Crippen LogP contribution is 2.42. The third-order valence-corrected chi connectivity index (χ3v) is 3.87. The number of ether oxygens (including phenoxy) is 1. The SMILES string of the molecule is FC(F)(F)c1c(Oc2ccc(Cl)cc2)cnc2ccc(Br)cc12. The highest BCUT2D eigenvalue weighted by Gasteiger charge is 2.37. The van der Waals surface area contributed by atoms with Crippen molar-refractivity contribution in [1.29, 1.82) is 0 Å². The molecule has 0 unspecified atom stereocenters. The van der Waals surface area contributed by atoms with Crippen molar-refractivity contribution in [2.75, 3.05) is 0 Å². The molecule has 0 saturated heterocycles. The molecule has 118 valence electrons. The van der Waals surface area contributed by atoms with Crippen molar-refractivity contribution in [3.63, 3.8) is 0 Å². The van der Waals surface area contributed by atoms with Gasteiger partial charge in [-0.25, -0.2) is 0 Å². The van der Waals surface area contributed by atoms with E-state index in [2.05, 4.69) is 20.9 Å². The van der Waals surface area contributed by atoms with E-state index in [4.69, 9.17) is 16.3 Å². The van der Waals surface area contributed by atoms with Gasteiger partial charge in [0.2, 0.25) is 0 Å². The van der Waals surface area contributed by atoms with Crippen LogP contribution in [-0.4, -0.2) is 4.98 Å². The summed E-state index contributed by atoms with van der Waals surface area (Å²) in [6.07, 6.45) is -3.50. The summed E-state index contributed by atoms with van der Waals surface area (Å²) >= 11 is 8.94. The number of pyridine rings is 1. The molecule has 0 fully saturated rings. The van der Waals surface area contributed by atoms with Crippen LogP contribution in [0.2, 0.25) is 5.02 Å². The molecule has 2 aromatic carbocycles.